The smallest absolute Gasteiger partial charge is 0.266 e. The van der Waals surface area contributed by atoms with Crippen molar-refractivity contribution in [2.75, 3.05) is 18.1 Å². The van der Waals surface area contributed by atoms with Crippen molar-refractivity contribution in [3.05, 3.63) is 72.9 Å². The zero-order chi connectivity index (χ0) is 20.4. The lowest BCUT2D eigenvalue weighted by Gasteiger charge is -2.15. The van der Waals surface area contributed by atoms with Crippen molar-refractivity contribution in [1.82, 2.24) is 4.57 Å². The fourth-order valence-electron chi connectivity index (χ4n) is 3.42. The van der Waals surface area contributed by atoms with Crippen molar-refractivity contribution in [2.45, 2.75) is 6.42 Å². The molecule has 146 valence electrons. The molecule has 0 radical (unpaired) electrons. The summed E-state index contributed by atoms with van der Waals surface area (Å²) in [7, 11) is 0. The van der Waals surface area contributed by atoms with Crippen LogP contribution in [0.25, 0.3) is 22.7 Å². The van der Waals surface area contributed by atoms with Crippen LogP contribution in [0.2, 0.25) is 0 Å². The summed E-state index contributed by atoms with van der Waals surface area (Å²) in [6, 6.07) is 14.4. The molecule has 0 saturated heterocycles. The number of para-hydroxylation sites is 1. The van der Waals surface area contributed by atoms with Crippen molar-refractivity contribution in [2.24, 2.45) is 0 Å². The molecular weight excluding hydrogens is 368 g/mol. The molecule has 0 aliphatic carbocycles. The predicted octanol–water partition coefficient (Wildman–Crippen LogP) is 3.46. The second-order valence-corrected chi connectivity index (χ2v) is 6.61. The Morgan fingerprint density at radius 1 is 1.07 bits per heavy atom. The van der Waals surface area contributed by atoms with Crippen LogP contribution in [0.4, 0.5) is 5.69 Å². The molecule has 0 spiro atoms. The molecule has 0 atom stereocenters. The molecule has 2 amide bonds. The Bertz CT molecular complexity index is 1130. The summed E-state index contributed by atoms with van der Waals surface area (Å²) in [5.74, 6) is -0.131. The van der Waals surface area contributed by atoms with Gasteiger partial charge in [-0.05, 0) is 30.3 Å². The molecule has 1 N–H and O–H groups in total. The highest BCUT2D eigenvalue weighted by molar-refractivity contribution is 6.44. The molecule has 3 aromatic rings. The first-order valence-corrected chi connectivity index (χ1v) is 9.30. The van der Waals surface area contributed by atoms with Gasteiger partial charge in [-0.1, -0.05) is 24.8 Å². The number of aromatic nitrogens is 1. The van der Waals surface area contributed by atoms with Gasteiger partial charge in [0.1, 0.15) is 5.75 Å². The lowest BCUT2D eigenvalue weighted by Crippen LogP contribution is -2.30. The van der Waals surface area contributed by atoms with Gasteiger partial charge in [-0.15, -0.1) is 0 Å². The summed E-state index contributed by atoms with van der Waals surface area (Å²) < 4.78 is 7.34. The minimum absolute atomic E-state index is 0.0611. The van der Waals surface area contributed by atoms with E-state index in [0.29, 0.717) is 35.6 Å². The van der Waals surface area contributed by atoms with Crippen molar-refractivity contribution in [3.8, 4) is 5.75 Å². The molecule has 0 saturated carbocycles. The van der Waals surface area contributed by atoms with Crippen LogP contribution in [-0.2, 0) is 9.59 Å². The van der Waals surface area contributed by atoms with Crippen molar-refractivity contribution < 1.29 is 19.4 Å². The maximum Gasteiger partial charge on any atom is 0.266 e. The third-order valence-corrected chi connectivity index (χ3v) is 4.82. The number of aliphatic hydroxyl groups excluding tert-OH is 1. The van der Waals surface area contributed by atoms with E-state index in [1.807, 2.05) is 35.0 Å². The number of fused-ring (bicyclic) bond motifs is 1. The molecule has 1 aromatic heterocycles. The Hall–Kier alpha value is -3.64. The summed E-state index contributed by atoms with van der Waals surface area (Å²) in [6.07, 6.45) is 5.40. The number of benzene rings is 2. The number of ether oxygens (including phenoxy) is 1. The molecule has 6 nitrogen and oxygen atoms in total. The highest BCUT2D eigenvalue weighted by Crippen LogP contribution is 2.34. The molecule has 6 heteroatoms. The first-order chi connectivity index (χ1) is 14.1. The Labute approximate surface area is 167 Å². The molecule has 1 aliphatic rings. The molecule has 29 heavy (non-hydrogen) atoms. The second-order valence-electron chi connectivity index (χ2n) is 6.61. The summed E-state index contributed by atoms with van der Waals surface area (Å²) >= 11 is 0. The SMILES string of the molecule is C=Cn1cc(C2=CC(=O)N(c3ccc(OCCCO)cc3)C2=O)c2ccccc21. The second kappa shape index (κ2) is 7.77. The van der Waals surface area contributed by atoms with E-state index in [0.717, 1.165) is 15.8 Å². The van der Waals surface area contributed by atoms with Crippen LogP contribution in [0.3, 0.4) is 0 Å². The van der Waals surface area contributed by atoms with Gasteiger partial charge in [0.2, 0.25) is 0 Å². The first kappa shape index (κ1) is 18.7. The third-order valence-electron chi connectivity index (χ3n) is 4.82. The van der Waals surface area contributed by atoms with Gasteiger partial charge in [0.25, 0.3) is 11.8 Å². The van der Waals surface area contributed by atoms with E-state index in [4.69, 9.17) is 9.84 Å². The Morgan fingerprint density at radius 2 is 1.83 bits per heavy atom. The molecule has 0 unspecified atom stereocenters. The average molecular weight is 388 g/mol. The van der Waals surface area contributed by atoms with E-state index in [-0.39, 0.29) is 18.4 Å². The summed E-state index contributed by atoms with van der Waals surface area (Å²) in [6.45, 7) is 4.27. The van der Waals surface area contributed by atoms with Gasteiger partial charge in [0.15, 0.2) is 0 Å². The van der Waals surface area contributed by atoms with Gasteiger partial charge < -0.3 is 14.4 Å². The zero-order valence-corrected chi connectivity index (χ0v) is 15.7. The quantitative estimate of drug-likeness (QED) is 0.497. The summed E-state index contributed by atoms with van der Waals surface area (Å²) in [4.78, 5) is 26.9. The summed E-state index contributed by atoms with van der Waals surface area (Å²) in [5, 5.41) is 9.70. The number of anilines is 1. The van der Waals surface area contributed by atoms with Gasteiger partial charge >= 0.3 is 0 Å². The first-order valence-electron chi connectivity index (χ1n) is 9.30. The zero-order valence-electron chi connectivity index (χ0n) is 15.7. The van der Waals surface area contributed by atoms with E-state index in [1.54, 1.807) is 30.5 Å². The van der Waals surface area contributed by atoms with Gasteiger partial charge in [-0.2, -0.15) is 0 Å². The number of hydrogen-bond donors (Lipinski definition) is 1. The molecule has 1 aliphatic heterocycles. The van der Waals surface area contributed by atoms with E-state index in [2.05, 4.69) is 6.58 Å². The van der Waals surface area contributed by atoms with Crippen molar-refractivity contribution >= 4 is 40.2 Å². The van der Waals surface area contributed by atoms with Crippen molar-refractivity contribution in [3.63, 3.8) is 0 Å². The fourth-order valence-corrected chi connectivity index (χ4v) is 3.42. The van der Waals surface area contributed by atoms with Gasteiger partial charge in [-0.25, -0.2) is 4.90 Å². The standard InChI is InChI=1S/C23H20N2O4/c1-2-24-15-20(18-6-3-4-7-21(18)24)19-14-22(27)25(23(19)28)16-8-10-17(11-9-16)29-13-5-12-26/h2-4,6-11,14-15,26H,1,5,12-13H2. The number of hydrogen-bond acceptors (Lipinski definition) is 4. The van der Waals surface area contributed by atoms with Gasteiger partial charge in [0, 0.05) is 42.5 Å². The molecule has 4 rings (SSSR count). The van der Waals surface area contributed by atoms with E-state index >= 15 is 0 Å². The van der Waals surface area contributed by atoms with Crippen molar-refractivity contribution in [1.29, 1.82) is 0 Å². The van der Waals surface area contributed by atoms with Crippen LogP contribution < -0.4 is 9.64 Å². The molecular formula is C23H20N2O4. The van der Waals surface area contributed by atoms with Crippen LogP contribution in [0.15, 0.2) is 67.4 Å². The number of nitrogens with zero attached hydrogens (tertiary/aromatic N) is 2. The topological polar surface area (TPSA) is 71.8 Å². The minimum atomic E-state index is -0.380. The summed E-state index contributed by atoms with van der Waals surface area (Å²) in [5.41, 5.74) is 2.45. The largest absolute Gasteiger partial charge is 0.494 e. The highest BCUT2D eigenvalue weighted by Gasteiger charge is 2.34. The lowest BCUT2D eigenvalue weighted by molar-refractivity contribution is -0.119. The average Bonchev–Trinajstić information content (AvgIpc) is 3.25. The minimum Gasteiger partial charge on any atom is -0.494 e. The lowest BCUT2D eigenvalue weighted by atomic mass is 10.1. The third kappa shape index (κ3) is 3.34. The van der Waals surface area contributed by atoms with Crippen LogP contribution in [0.5, 0.6) is 5.75 Å². The molecule has 2 aromatic carbocycles. The van der Waals surface area contributed by atoms with Crippen LogP contribution in [0, 0.1) is 0 Å². The predicted molar refractivity (Wildman–Crippen MR) is 112 cm³/mol. The van der Waals surface area contributed by atoms with E-state index < -0.39 is 0 Å². The fraction of sp³-hybridized carbons (Fsp3) is 0.130. The number of imide groups is 1. The van der Waals surface area contributed by atoms with Crippen LogP contribution >= 0.6 is 0 Å². The Balaban J connectivity index is 1.63. The van der Waals surface area contributed by atoms with Gasteiger partial charge in [-0.3, -0.25) is 9.59 Å². The van der Waals surface area contributed by atoms with Gasteiger partial charge in [0.05, 0.1) is 23.4 Å². The molecule has 2 heterocycles. The molecule has 0 bridgehead atoms. The maximum absolute atomic E-state index is 13.1. The normalized spacial score (nSPS) is 13.8. The Morgan fingerprint density at radius 3 is 2.55 bits per heavy atom. The number of carbonyl (C=O) groups is 2. The number of aliphatic hydroxyl groups is 1. The Kier molecular flexibility index (Phi) is 5.01. The van der Waals surface area contributed by atoms with E-state index in [1.165, 1.54) is 6.08 Å². The van der Waals surface area contributed by atoms with E-state index in [9.17, 15) is 9.59 Å². The monoisotopic (exact) mass is 388 g/mol. The maximum atomic E-state index is 13.1. The molecule has 0 fully saturated rings. The number of carbonyl (C=O) groups excluding carboxylic acids is 2. The highest BCUT2D eigenvalue weighted by atomic mass is 16.5. The number of rotatable bonds is 7. The van der Waals surface area contributed by atoms with Crippen LogP contribution in [0.1, 0.15) is 12.0 Å². The number of amides is 2. The van der Waals surface area contributed by atoms with Crippen LogP contribution in [-0.4, -0.2) is 34.7 Å².